The Hall–Kier alpha value is -2.33. The number of pyridine rings is 1. The summed E-state index contributed by atoms with van der Waals surface area (Å²) in [6.45, 7) is -0.267. The number of nitrogens with zero attached hydrogens (tertiary/aromatic N) is 3. The van der Waals surface area contributed by atoms with Crippen molar-refractivity contribution < 1.29 is 19.7 Å². The van der Waals surface area contributed by atoms with E-state index < -0.39 is 30.0 Å². The molecular formula is C17H17ClFN5O3. The van der Waals surface area contributed by atoms with E-state index in [-0.39, 0.29) is 24.7 Å². The van der Waals surface area contributed by atoms with Crippen LogP contribution >= 0.6 is 11.6 Å². The molecule has 0 bridgehead atoms. The first-order valence-corrected chi connectivity index (χ1v) is 8.74. The molecular weight excluding hydrogens is 377 g/mol. The van der Waals surface area contributed by atoms with E-state index >= 15 is 0 Å². The second-order valence-corrected chi connectivity index (χ2v) is 6.99. The van der Waals surface area contributed by atoms with Gasteiger partial charge in [-0.05, 0) is 12.5 Å². The van der Waals surface area contributed by atoms with Crippen molar-refractivity contribution in [3.63, 3.8) is 0 Å². The van der Waals surface area contributed by atoms with Crippen molar-refractivity contribution in [1.82, 2.24) is 19.9 Å². The summed E-state index contributed by atoms with van der Waals surface area (Å²) >= 11 is 6.00. The predicted molar refractivity (Wildman–Crippen MR) is 96.7 cm³/mol. The van der Waals surface area contributed by atoms with E-state index in [1.807, 2.05) is 0 Å². The molecule has 1 aliphatic rings. The zero-order valence-corrected chi connectivity index (χ0v) is 14.7. The van der Waals surface area contributed by atoms with Crippen LogP contribution < -0.4 is 5.32 Å². The number of rotatable bonds is 4. The first-order valence-electron chi connectivity index (χ1n) is 8.37. The van der Waals surface area contributed by atoms with Crippen LogP contribution in [0, 0.1) is 11.7 Å². The highest BCUT2D eigenvalue weighted by Gasteiger charge is 2.41. The number of hydrogen-bond donors (Lipinski definition) is 5. The van der Waals surface area contributed by atoms with Gasteiger partial charge in [-0.25, -0.2) is 19.3 Å². The first-order chi connectivity index (χ1) is 13.0. The van der Waals surface area contributed by atoms with E-state index in [4.69, 9.17) is 11.6 Å². The van der Waals surface area contributed by atoms with E-state index in [2.05, 4.69) is 25.3 Å². The van der Waals surface area contributed by atoms with Crippen LogP contribution in [-0.2, 0) is 0 Å². The minimum absolute atomic E-state index is 0.0980. The van der Waals surface area contributed by atoms with Crippen LogP contribution in [0.25, 0.3) is 22.4 Å². The Labute approximate surface area is 158 Å². The number of hydrogen-bond acceptors (Lipinski definition) is 7. The first kappa shape index (κ1) is 18.1. The summed E-state index contributed by atoms with van der Waals surface area (Å²) in [6.07, 6.45) is 2.25. The van der Waals surface area contributed by atoms with Crippen molar-refractivity contribution in [2.45, 2.75) is 24.7 Å². The average Bonchev–Trinajstić information content (AvgIpc) is 3.19. The second-order valence-electron chi connectivity index (χ2n) is 6.55. The average molecular weight is 394 g/mol. The molecule has 0 amide bonds. The van der Waals surface area contributed by atoms with Crippen LogP contribution in [0.15, 0.2) is 24.7 Å². The van der Waals surface area contributed by atoms with Crippen molar-refractivity contribution in [1.29, 1.82) is 0 Å². The maximum Gasteiger partial charge on any atom is 0.183 e. The number of aromatic nitrogens is 4. The fourth-order valence-corrected chi connectivity index (χ4v) is 3.54. The lowest BCUT2D eigenvalue weighted by molar-refractivity contribution is 0.00443. The maximum atomic E-state index is 14.2. The summed E-state index contributed by atoms with van der Waals surface area (Å²) < 4.78 is 14.2. The van der Waals surface area contributed by atoms with Gasteiger partial charge in [0.1, 0.15) is 11.8 Å². The molecule has 1 saturated carbocycles. The summed E-state index contributed by atoms with van der Waals surface area (Å²) in [5, 5.41) is 33.3. The highest BCUT2D eigenvalue weighted by atomic mass is 35.5. The van der Waals surface area contributed by atoms with E-state index in [9.17, 15) is 19.7 Å². The molecule has 0 radical (unpaired) electrons. The highest BCUT2D eigenvalue weighted by molar-refractivity contribution is 6.31. The third-order valence-electron chi connectivity index (χ3n) is 4.84. The van der Waals surface area contributed by atoms with Crippen LogP contribution in [0.2, 0.25) is 5.02 Å². The summed E-state index contributed by atoms with van der Waals surface area (Å²) in [5.74, 6) is -1.02. The third-order valence-corrected chi connectivity index (χ3v) is 5.05. The number of anilines is 1. The zero-order chi connectivity index (χ0) is 19.1. The molecule has 0 saturated heterocycles. The van der Waals surface area contributed by atoms with Gasteiger partial charge in [-0.1, -0.05) is 11.6 Å². The molecule has 3 heterocycles. The molecule has 1 fully saturated rings. The molecule has 5 N–H and O–H groups in total. The van der Waals surface area contributed by atoms with Gasteiger partial charge < -0.3 is 25.6 Å². The van der Waals surface area contributed by atoms with Crippen LogP contribution in [0.5, 0.6) is 0 Å². The molecule has 10 heteroatoms. The third kappa shape index (κ3) is 3.23. The van der Waals surface area contributed by atoms with Gasteiger partial charge in [-0.3, -0.25) is 0 Å². The van der Waals surface area contributed by atoms with Crippen molar-refractivity contribution in [3.05, 3.63) is 35.5 Å². The largest absolute Gasteiger partial charge is 0.396 e. The van der Waals surface area contributed by atoms with Gasteiger partial charge in [0.25, 0.3) is 0 Å². The van der Waals surface area contributed by atoms with Gasteiger partial charge in [-0.2, -0.15) is 0 Å². The molecule has 8 nitrogen and oxygen atoms in total. The van der Waals surface area contributed by atoms with Crippen molar-refractivity contribution in [2.24, 2.45) is 5.92 Å². The SMILES string of the molecule is OCC1CC(Nc2nc(-c3c[nH]c4ncc(Cl)cc34)ncc2F)C(O)C1O. The number of aliphatic hydroxyl groups excluding tert-OH is 3. The van der Waals surface area contributed by atoms with Gasteiger partial charge in [-0.15, -0.1) is 0 Å². The minimum Gasteiger partial charge on any atom is -0.396 e. The van der Waals surface area contributed by atoms with Crippen LogP contribution in [0.3, 0.4) is 0 Å². The Morgan fingerprint density at radius 2 is 2.07 bits per heavy atom. The molecule has 1 aliphatic carbocycles. The van der Waals surface area contributed by atoms with Gasteiger partial charge in [0.2, 0.25) is 0 Å². The molecule has 0 aromatic carbocycles. The lowest BCUT2D eigenvalue weighted by atomic mass is 10.1. The quantitative estimate of drug-likeness (QED) is 0.452. The number of H-pyrrole nitrogens is 1. The van der Waals surface area contributed by atoms with Gasteiger partial charge in [0.15, 0.2) is 17.5 Å². The number of halogens is 2. The lowest BCUT2D eigenvalue weighted by Crippen LogP contribution is -2.35. The molecule has 4 unspecified atom stereocenters. The van der Waals surface area contributed by atoms with Crippen LogP contribution in [0.4, 0.5) is 10.2 Å². The molecule has 0 spiro atoms. The summed E-state index contributed by atoms with van der Waals surface area (Å²) in [6, 6.07) is 1.06. The Bertz CT molecular complexity index is 984. The number of aliphatic hydroxyl groups is 3. The Morgan fingerprint density at radius 1 is 1.26 bits per heavy atom. The molecule has 4 atom stereocenters. The predicted octanol–water partition coefficient (Wildman–Crippen LogP) is 1.33. The molecule has 142 valence electrons. The van der Waals surface area contributed by atoms with Crippen LogP contribution in [0.1, 0.15) is 6.42 Å². The number of aromatic amines is 1. The second kappa shape index (κ2) is 7.01. The van der Waals surface area contributed by atoms with E-state index in [1.54, 1.807) is 12.3 Å². The van der Waals surface area contributed by atoms with Gasteiger partial charge in [0.05, 0.1) is 23.4 Å². The standard InChI is InChI=1S/C17H17ClFN5O3/c18-8-2-9-10(4-21-15(9)20-3-8)16-22-5-11(19)17(24-16)23-12-1-7(6-25)13(26)14(12)27/h2-5,7,12-14,25-27H,1,6H2,(H,20,21)(H,22,23,24). The maximum absolute atomic E-state index is 14.2. The lowest BCUT2D eigenvalue weighted by Gasteiger charge is -2.19. The fraction of sp³-hybridized carbons (Fsp3) is 0.353. The molecule has 27 heavy (non-hydrogen) atoms. The Balaban J connectivity index is 1.67. The minimum atomic E-state index is -1.14. The molecule has 0 aliphatic heterocycles. The monoisotopic (exact) mass is 393 g/mol. The zero-order valence-electron chi connectivity index (χ0n) is 14.0. The Morgan fingerprint density at radius 3 is 2.81 bits per heavy atom. The van der Waals surface area contributed by atoms with E-state index in [0.29, 0.717) is 21.6 Å². The summed E-state index contributed by atoms with van der Waals surface area (Å²) in [4.78, 5) is 15.4. The normalized spacial score (nSPS) is 25.2. The summed E-state index contributed by atoms with van der Waals surface area (Å²) in [7, 11) is 0. The van der Waals surface area contributed by atoms with Crippen molar-refractivity contribution >= 4 is 28.5 Å². The number of nitrogens with one attached hydrogen (secondary N) is 2. The highest BCUT2D eigenvalue weighted by Crippen LogP contribution is 2.31. The Kier molecular flexibility index (Phi) is 4.68. The fourth-order valence-electron chi connectivity index (χ4n) is 3.39. The van der Waals surface area contributed by atoms with E-state index in [0.717, 1.165) is 6.20 Å². The topological polar surface area (TPSA) is 127 Å². The van der Waals surface area contributed by atoms with Crippen molar-refractivity contribution in [2.75, 3.05) is 11.9 Å². The van der Waals surface area contributed by atoms with Gasteiger partial charge in [0, 0.05) is 35.9 Å². The van der Waals surface area contributed by atoms with Crippen molar-refractivity contribution in [3.8, 4) is 11.4 Å². The molecule has 3 aromatic heterocycles. The molecule has 3 aromatic rings. The smallest absolute Gasteiger partial charge is 0.183 e. The van der Waals surface area contributed by atoms with E-state index in [1.165, 1.54) is 6.20 Å². The molecule has 4 rings (SSSR count). The van der Waals surface area contributed by atoms with Gasteiger partial charge >= 0.3 is 0 Å². The number of fused-ring (bicyclic) bond motifs is 1. The summed E-state index contributed by atoms with van der Waals surface area (Å²) in [5.41, 5.74) is 1.19. The van der Waals surface area contributed by atoms with Crippen LogP contribution in [-0.4, -0.2) is 60.1 Å².